The Morgan fingerprint density at radius 1 is 1.37 bits per heavy atom. The average molecular weight is 268 g/mol. The first-order valence-corrected chi connectivity index (χ1v) is 6.03. The van der Waals surface area contributed by atoms with Gasteiger partial charge in [-0.25, -0.2) is 4.79 Å². The smallest absolute Gasteiger partial charge is 0.454 e. The van der Waals surface area contributed by atoms with Crippen LogP contribution in [0.25, 0.3) is 0 Å². The highest BCUT2D eigenvalue weighted by Gasteiger charge is 2.29. The summed E-state index contributed by atoms with van der Waals surface area (Å²) in [7, 11) is 1.22. The molecule has 0 bridgehead atoms. The van der Waals surface area contributed by atoms with Gasteiger partial charge in [0.1, 0.15) is 11.4 Å². The molecule has 5 heteroatoms. The summed E-state index contributed by atoms with van der Waals surface area (Å²) in [6, 6.07) is 0. The fraction of sp³-hybridized carbons (Fsp3) is 0.571. The minimum absolute atomic E-state index is 0.205. The Morgan fingerprint density at radius 2 is 2.00 bits per heavy atom. The van der Waals surface area contributed by atoms with E-state index in [9.17, 15) is 9.59 Å². The van der Waals surface area contributed by atoms with Crippen LogP contribution in [-0.2, 0) is 19.0 Å². The molecule has 5 nitrogen and oxygen atoms in total. The van der Waals surface area contributed by atoms with Gasteiger partial charge in [-0.3, -0.25) is 4.79 Å². The zero-order valence-electron chi connectivity index (χ0n) is 11.8. The molecular formula is C14H20O5. The molecule has 0 aliphatic rings. The molecule has 0 aliphatic carbocycles. The number of esters is 1. The predicted octanol–water partition coefficient (Wildman–Crippen LogP) is 2.80. The SMILES string of the molecule is C#CCC(/C=C(\CC)OC(=O)OC)(CC)OC(C)=O. The van der Waals surface area contributed by atoms with Crippen molar-refractivity contribution in [1.29, 1.82) is 0 Å². The zero-order chi connectivity index (χ0) is 14.9. The van der Waals surface area contributed by atoms with E-state index in [1.165, 1.54) is 14.0 Å². The molecule has 0 heterocycles. The summed E-state index contributed by atoms with van der Waals surface area (Å²) >= 11 is 0. The van der Waals surface area contributed by atoms with Crippen LogP contribution in [0.1, 0.15) is 40.0 Å². The maximum Gasteiger partial charge on any atom is 0.513 e. The zero-order valence-corrected chi connectivity index (χ0v) is 11.8. The topological polar surface area (TPSA) is 61.8 Å². The van der Waals surface area contributed by atoms with Gasteiger partial charge in [-0.15, -0.1) is 12.3 Å². The Morgan fingerprint density at radius 3 is 2.37 bits per heavy atom. The second-order valence-electron chi connectivity index (χ2n) is 3.91. The normalized spacial score (nSPS) is 13.9. The first-order chi connectivity index (χ1) is 8.92. The molecule has 0 aromatic heterocycles. The van der Waals surface area contributed by atoms with Gasteiger partial charge in [-0.05, 0) is 12.5 Å². The van der Waals surface area contributed by atoms with Crippen LogP contribution in [0.4, 0.5) is 4.79 Å². The van der Waals surface area contributed by atoms with Crippen molar-refractivity contribution in [3.05, 3.63) is 11.8 Å². The summed E-state index contributed by atoms with van der Waals surface area (Å²) in [5, 5.41) is 0. The number of terminal acetylenes is 1. The minimum Gasteiger partial charge on any atom is -0.454 e. The number of hydrogen-bond acceptors (Lipinski definition) is 5. The fourth-order valence-corrected chi connectivity index (χ4v) is 1.52. The lowest BCUT2D eigenvalue weighted by atomic mass is 9.95. The Labute approximate surface area is 113 Å². The van der Waals surface area contributed by atoms with Gasteiger partial charge in [0.15, 0.2) is 0 Å². The summed E-state index contributed by atoms with van der Waals surface area (Å²) in [6.07, 6.45) is 7.19. The summed E-state index contributed by atoms with van der Waals surface area (Å²) in [5.41, 5.74) is -0.958. The number of hydrogen-bond donors (Lipinski definition) is 0. The molecule has 1 unspecified atom stereocenters. The third-order valence-corrected chi connectivity index (χ3v) is 2.50. The van der Waals surface area contributed by atoms with E-state index in [4.69, 9.17) is 15.9 Å². The lowest BCUT2D eigenvalue weighted by Crippen LogP contribution is -2.32. The van der Waals surface area contributed by atoms with E-state index < -0.39 is 17.7 Å². The van der Waals surface area contributed by atoms with Gasteiger partial charge in [-0.1, -0.05) is 13.8 Å². The molecule has 0 saturated heterocycles. The molecule has 0 amide bonds. The molecule has 0 N–H and O–H groups in total. The summed E-state index contributed by atoms with van der Waals surface area (Å²) in [6.45, 7) is 4.95. The van der Waals surface area contributed by atoms with Crippen LogP contribution in [0.3, 0.4) is 0 Å². The molecule has 0 saturated carbocycles. The summed E-state index contributed by atoms with van der Waals surface area (Å²) in [5.74, 6) is 2.38. The van der Waals surface area contributed by atoms with Gasteiger partial charge in [0.25, 0.3) is 0 Å². The molecule has 0 spiro atoms. The van der Waals surface area contributed by atoms with Crippen molar-refractivity contribution in [2.45, 2.75) is 45.6 Å². The van der Waals surface area contributed by atoms with Gasteiger partial charge in [0, 0.05) is 13.3 Å². The maximum atomic E-state index is 11.2. The van der Waals surface area contributed by atoms with Crippen LogP contribution < -0.4 is 0 Å². The summed E-state index contributed by atoms with van der Waals surface area (Å²) < 4.78 is 14.7. The van der Waals surface area contributed by atoms with E-state index in [2.05, 4.69) is 10.7 Å². The van der Waals surface area contributed by atoms with Gasteiger partial charge >= 0.3 is 12.1 Å². The van der Waals surface area contributed by atoms with E-state index in [-0.39, 0.29) is 6.42 Å². The number of carbonyl (C=O) groups is 2. The highest BCUT2D eigenvalue weighted by Crippen LogP contribution is 2.25. The van der Waals surface area contributed by atoms with E-state index in [0.29, 0.717) is 18.6 Å². The Kier molecular flexibility index (Phi) is 7.35. The maximum absolute atomic E-state index is 11.2. The van der Waals surface area contributed by atoms with E-state index in [1.54, 1.807) is 13.0 Å². The van der Waals surface area contributed by atoms with Gasteiger partial charge in [0.05, 0.1) is 13.5 Å². The predicted molar refractivity (Wildman–Crippen MR) is 70.1 cm³/mol. The molecule has 106 valence electrons. The quantitative estimate of drug-likeness (QED) is 0.421. The average Bonchev–Trinajstić information content (AvgIpc) is 2.37. The largest absolute Gasteiger partial charge is 0.513 e. The highest BCUT2D eigenvalue weighted by atomic mass is 16.7. The van der Waals surface area contributed by atoms with Crippen molar-refractivity contribution in [3.8, 4) is 12.3 Å². The molecular weight excluding hydrogens is 248 g/mol. The molecule has 0 radical (unpaired) electrons. The van der Waals surface area contributed by atoms with Crippen molar-refractivity contribution in [2.75, 3.05) is 7.11 Å². The highest BCUT2D eigenvalue weighted by molar-refractivity contribution is 5.67. The van der Waals surface area contributed by atoms with Crippen LogP contribution >= 0.6 is 0 Å². The van der Waals surface area contributed by atoms with Crippen molar-refractivity contribution >= 4 is 12.1 Å². The first kappa shape index (κ1) is 17.0. The Balaban J connectivity index is 5.27. The number of rotatable bonds is 6. The first-order valence-electron chi connectivity index (χ1n) is 6.03. The molecule has 0 aromatic rings. The Bertz CT molecular complexity index is 391. The minimum atomic E-state index is -0.958. The van der Waals surface area contributed by atoms with Crippen LogP contribution in [0, 0.1) is 12.3 Å². The van der Waals surface area contributed by atoms with Crippen LogP contribution in [0.2, 0.25) is 0 Å². The Hall–Kier alpha value is -1.96. The number of allylic oxidation sites excluding steroid dienone is 1. The fourth-order valence-electron chi connectivity index (χ4n) is 1.52. The lowest BCUT2D eigenvalue weighted by Gasteiger charge is -2.27. The lowest BCUT2D eigenvalue weighted by molar-refractivity contribution is -0.152. The molecule has 0 aliphatic heterocycles. The number of carbonyl (C=O) groups excluding carboxylic acids is 2. The van der Waals surface area contributed by atoms with Crippen LogP contribution in [0.5, 0.6) is 0 Å². The van der Waals surface area contributed by atoms with Crippen LogP contribution in [0.15, 0.2) is 11.8 Å². The van der Waals surface area contributed by atoms with Crippen molar-refractivity contribution in [3.63, 3.8) is 0 Å². The van der Waals surface area contributed by atoms with Crippen molar-refractivity contribution < 1.29 is 23.8 Å². The van der Waals surface area contributed by atoms with E-state index in [1.807, 2.05) is 6.92 Å². The van der Waals surface area contributed by atoms with Crippen LogP contribution in [-0.4, -0.2) is 24.8 Å². The molecule has 0 aromatic carbocycles. The van der Waals surface area contributed by atoms with Gasteiger partial charge in [0.2, 0.25) is 0 Å². The molecule has 19 heavy (non-hydrogen) atoms. The number of ether oxygens (including phenoxy) is 3. The monoisotopic (exact) mass is 268 g/mol. The molecule has 1 atom stereocenters. The second kappa shape index (κ2) is 8.20. The molecule has 0 fully saturated rings. The third kappa shape index (κ3) is 5.96. The molecule has 0 rings (SSSR count). The van der Waals surface area contributed by atoms with Crippen molar-refractivity contribution in [1.82, 2.24) is 0 Å². The number of methoxy groups -OCH3 is 1. The standard InChI is InChI=1S/C14H20O5/c1-6-9-14(8-3,19-11(4)15)10-12(7-2)18-13(16)17-5/h1,10H,7-9H2,2-5H3/b12-10+. The second-order valence-corrected chi connectivity index (χ2v) is 3.91. The van der Waals surface area contributed by atoms with Gasteiger partial charge in [-0.2, -0.15) is 0 Å². The van der Waals surface area contributed by atoms with E-state index in [0.717, 1.165) is 0 Å². The summed E-state index contributed by atoms with van der Waals surface area (Å²) in [4.78, 5) is 22.3. The van der Waals surface area contributed by atoms with Crippen molar-refractivity contribution in [2.24, 2.45) is 0 Å². The van der Waals surface area contributed by atoms with E-state index >= 15 is 0 Å². The third-order valence-electron chi connectivity index (χ3n) is 2.50. The van der Waals surface area contributed by atoms with Gasteiger partial charge < -0.3 is 14.2 Å².